The fraction of sp³-hybridized carbons (Fsp3) is 1.00. The standard InChI is InChI=1S/C13H24N2OS/c1-11-9-15(5-4-14-11)12-2-6-16-13(8-12)3-7-17-10-13/h11-12,14H,2-10H2,1H3/t11-,12?,13?/m1/s1. The average Bonchev–Trinajstić information content (AvgIpc) is 2.77. The Morgan fingerprint density at radius 3 is 3.18 bits per heavy atom. The highest BCUT2D eigenvalue weighted by Gasteiger charge is 2.42. The van der Waals surface area contributed by atoms with Crippen molar-refractivity contribution < 1.29 is 4.74 Å². The molecule has 0 bridgehead atoms. The molecule has 0 aromatic rings. The summed E-state index contributed by atoms with van der Waals surface area (Å²) >= 11 is 2.07. The molecule has 4 heteroatoms. The van der Waals surface area contributed by atoms with E-state index in [0.717, 1.165) is 19.2 Å². The quantitative estimate of drug-likeness (QED) is 0.765. The topological polar surface area (TPSA) is 24.5 Å². The van der Waals surface area contributed by atoms with Crippen LogP contribution in [0.15, 0.2) is 0 Å². The van der Waals surface area contributed by atoms with Crippen LogP contribution < -0.4 is 5.32 Å². The SMILES string of the molecule is C[C@@H]1CN(C2CCOC3(CCSC3)C2)CCN1. The zero-order chi connectivity index (χ0) is 11.7. The van der Waals surface area contributed by atoms with E-state index in [4.69, 9.17) is 4.74 Å². The first-order valence-electron chi connectivity index (χ1n) is 6.97. The molecule has 0 aliphatic carbocycles. The zero-order valence-electron chi connectivity index (χ0n) is 10.8. The molecule has 3 saturated heterocycles. The van der Waals surface area contributed by atoms with Gasteiger partial charge in [-0.3, -0.25) is 4.90 Å². The van der Waals surface area contributed by atoms with Crippen molar-refractivity contribution >= 4 is 11.8 Å². The van der Waals surface area contributed by atoms with Gasteiger partial charge in [0.2, 0.25) is 0 Å². The molecule has 0 aromatic heterocycles. The maximum atomic E-state index is 6.11. The minimum atomic E-state index is 0.238. The van der Waals surface area contributed by atoms with Crippen LogP contribution in [0.2, 0.25) is 0 Å². The third-order valence-electron chi connectivity index (χ3n) is 4.45. The number of ether oxygens (including phenoxy) is 1. The van der Waals surface area contributed by atoms with E-state index in [-0.39, 0.29) is 5.60 Å². The normalized spacial score (nSPS) is 44.3. The summed E-state index contributed by atoms with van der Waals surface area (Å²) < 4.78 is 6.11. The molecule has 3 atom stereocenters. The van der Waals surface area contributed by atoms with Gasteiger partial charge in [0.05, 0.1) is 5.60 Å². The zero-order valence-corrected chi connectivity index (χ0v) is 11.6. The molecule has 1 N–H and O–H groups in total. The van der Waals surface area contributed by atoms with Crippen LogP contribution in [0.1, 0.15) is 26.2 Å². The molecule has 0 radical (unpaired) electrons. The average molecular weight is 256 g/mol. The Bertz CT molecular complexity index is 268. The first-order valence-corrected chi connectivity index (χ1v) is 8.12. The van der Waals surface area contributed by atoms with Crippen molar-refractivity contribution in [2.45, 2.75) is 43.9 Å². The first kappa shape index (κ1) is 12.3. The predicted octanol–water partition coefficient (Wildman–Crippen LogP) is 1.33. The fourth-order valence-corrected chi connectivity index (χ4v) is 4.85. The molecule has 0 aromatic carbocycles. The van der Waals surface area contributed by atoms with E-state index >= 15 is 0 Å². The Kier molecular flexibility index (Phi) is 3.67. The summed E-state index contributed by atoms with van der Waals surface area (Å²) in [5.41, 5.74) is 0.238. The smallest absolute Gasteiger partial charge is 0.0795 e. The van der Waals surface area contributed by atoms with E-state index in [1.165, 1.54) is 43.9 Å². The largest absolute Gasteiger partial charge is 0.374 e. The molecule has 3 fully saturated rings. The van der Waals surface area contributed by atoms with Gasteiger partial charge in [-0.25, -0.2) is 0 Å². The highest BCUT2D eigenvalue weighted by Crippen LogP contribution is 2.39. The second-order valence-corrected chi connectivity index (χ2v) is 6.94. The van der Waals surface area contributed by atoms with Crippen molar-refractivity contribution in [2.75, 3.05) is 37.7 Å². The molecule has 0 saturated carbocycles. The number of hydrogen-bond acceptors (Lipinski definition) is 4. The van der Waals surface area contributed by atoms with Crippen molar-refractivity contribution in [1.29, 1.82) is 0 Å². The molecule has 3 nitrogen and oxygen atoms in total. The van der Waals surface area contributed by atoms with E-state index in [0.29, 0.717) is 6.04 Å². The summed E-state index contributed by atoms with van der Waals surface area (Å²) in [5.74, 6) is 2.52. The summed E-state index contributed by atoms with van der Waals surface area (Å²) in [5, 5.41) is 3.54. The van der Waals surface area contributed by atoms with Gasteiger partial charge in [0.25, 0.3) is 0 Å². The lowest BCUT2D eigenvalue weighted by molar-refractivity contribution is -0.0920. The number of hydrogen-bond donors (Lipinski definition) is 1. The Labute approximate surface area is 109 Å². The predicted molar refractivity (Wildman–Crippen MR) is 72.7 cm³/mol. The molecule has 3 heterocycles. The van der Waals surface area contributed by atoms with E-state index in [9.17, 15) is 0 Å². The third-order valence-corrected chi connectivity index (χ3v) is 5.67. The van der Waals surface area contributed by atoms with Crippen LogP contribution in [-0.4, -0.2) is 60.3 Å². The molecular formula is C13H24N2OS. The van der Waals surface area contributed by atoms with Crippen LogP contribution >= 0.6 is 11.8 Å². The molecule has 17 heavy (non-hydrogen) atoms. The number of rotatable bonds is 1. The number of nitrogens with zero attached hydrogens (tertiary/aromatic N) is 1. The number of thioether (sulfide) groups is 1. The minimum Gasteiger partial charge on any atom is -0.374 e. The van der Waals surface area contributed by atoms with Crippen LogP contribution in [0.3, 0.4) is 0 Å². The van der Waals surface area contributed by atoms with Gasteiger partial charge in [0, 0.05) is 44.1 Å². The van der Waals surface area contributed by atoms with Crippen LogP contribution in [0, 0.1) is 0 Å². The molecule has 1 spiro atoms. The molecule has 3 rings (SSSR count). The molecule has 98 valence electrons. The van der Waals surface area contributed by atoms with Crippen LogP contribution in [0.4, 0.5) is 0 Å². The maximum Gasteiger partial charge on any atom is 0.0795 e. The lowest BCUT2D eigenvalue weighted by atomic mass is 9.88. The van der Waals surface area contributed by atoms with Crippen LogP contribution in [0.25, 0.3) is 0 Å². The molecule has 0 amide bonds. The second kappa shape index (κ2) is 5.08. The fourth-order valence-electron chi connectivity index (χ4n) is 3.47. The summed E-state index contributed by atoms with van der Waals surface area (Å²) in [6.45, 7) is 6.86. The number of nitrogens with one attached hydrogen (secondary N) is 1. The Morgan fingerprint density at radius 2 is 2.41 bits per heavy atom. The van der Waals surface area contributed by atoms with Gasteiger partial charge >= 0.3 is 0 Å². The van der Waals surface area contributed by atoms with Crippen molar-refractivity contribution in [2.24, 2.45) is 0 Å². The lowest BCUT2D eigenvalue weighted by Gasteiger charge is -2.45. The van der Waals surface area contributed by atoms with Gasteiger partial charge in [-0.05, 0) is 31.9 Å². The lowest BCUT2D eigenvalue weighted by Crippen LogP contribution is -2.56. The third kappa shape index (κ3) is 2.65. The maximum absolute atomic E-state index is 6.11. The molecule has 2 unspecified atom stereocenters. The molecular weight excluding hydrogens is 232 g/mol. The van der Waals surface area contributed by atoms with Crippen molar-refractivity contribution in [1.82, 2.24) is 10.2 Å². The minimum absolute atomic E-state index is 0.238. The van der Waals surface area contributed by atoms with E-state index in [2.05, 4.69) is 28.9 Å². The molecule has 3 aliphatic heterocycles. The monoisotopic (exact) mass is 256 g/mol. The van der Waals surface area contributed by atoms with E-state index < -0.39 is 0 Å². The summed E-state index contributed by atoms with van der Waals surface area (Å²) in [4.78, 5) is 2.70. The van der Waals surface area contributed by atoms with Gasteiger partial charge in [-0.2, -0.15) is 11.8 Å². The van der Waals surface area contributed by atoms with Gasteiger partial charge in [-0.1, -0.05) is 0 Å². The van der Waals surface area contributed by atoms with Gasteiger partial charge < -0.3 is 10.1 Å². The van der Waals surface area contributed by atoms with Crippen LogP contribution in [-0.2, 0) is 4.74 Å². The summed E-state index contributed by atoms with van der Waals surface area (Å²) in [6, 6.07) is 1.42. The van der Waals surface area contributed by atoms with Crippen molar-refractivity contribution in [3.8, 4) is 0 Å². The Morgan fingerprint density at radius 1 is 1.47 bits per heavy atom. The van der Waals surface area contributed by atoms with Crippen LogP contribution in [0.5, 0.6) is 0 Å². The highest BCUT2D eigenvalue weighted by molar-refractivity contribution is 7.99. The molecule has 3 aliphatic rings. The van der Waals surface area contributed by atoms with Crippen molar-refractivity contribution in [3.05, 3.63) is 0 Å². The Balaban J connectivity index is 1.62. The van der Waals surface area contributed by atoms with E-state index in [1.54, 1.807) is 0 Å². The Hall–Kier alpha value is 0.230. The summed E-state index contributed by atoms with van der Waals surface area (Å²) in [6.07, 6.45) is 3.78. The highest BCUT2D eigenvalue weighted by atomic mass is 32.2. The number of piperazine rings is 1. The second-order valence-electron chi connectivity index (χ2n) is 5.83. The first-order chi connectivity index (χ1) is 8.27. The van der Waals surface area contributed by atoms with Gasteiger partial charge in [0.15, 0.2) is 0 Å². The van der Waals surface area contributed by atoms with E-state index in [1.807, 2.05) is 0 Å². The summed E-state index contributed by atoms with van der Waals surface area (Å²) in [7, 11) is 0. The van der Waals surface area contributed by atoms with Gasteiger partial charge in [0.1, 0.15) is 0 Å². The van der Waals surface area contributed by atoms with Crippen molar-refractivity contribution in [3.63, 3.8) is 0 Å². The van der Waals surface area contributed by atoms with Gasteiger partial charge in [-0.15, -0.1) is 0 Å².